The van der Waals surface area contributed by atoms with E-state index in [0.29, 0.717) is 5.88 Å². The number of rotatable bonds is 3. The Hall–Kier alpha value is -0.400. The van der Waals surface area contributed by atoms with Crippen molar-refractivity contribution in [3.63, 3.8) is 0 Å². The predicted octanol–water partition coefficient (Wildman–Crippen LogP) is 3.57. The quantitative estimate of drug-likeness (QED) is 0.782. The van der Waals surface area contributed by atoms with E-state index in [1.54, 1.807) is 0 Å². The van der Waals surface area contributed by atoms with Crippen molar-refractivity contribution >= 4 is 28.9 Å². The maximum absolute atomic E-state index is 6.56. The molecule has 14 heavy (non-hydrogen) atoms. The molecule has 0 saturated heterocycles. The summed E-state index contributed by atoms with van der Waals surface area (Å²) in [6.07, 6.45) is 1.89. The van der Waals surface area contributed by atoms with Crippen LogP contribution in [0.5, 0.6) is 0 Å². The molecule has 0 fully saturated rings. The molecule has 2 rings (SSSR count). The number of fused-ring (bicyclic) bond motifs is 1. The van der Waals surface area contributed by atoms with Crippen molar-refractivity contribution < 1.29 is 0 Å². The van der Waals surface area contributed by atoms with Gasteiger partial charge in [-0.15, -0.1) is 23.2 Å². The first kappa shape index (κ1) is 10.1. The molecule has 0 aliphatic carbocycles. The van der Waals surface area contributed by atoms with E-state index in [0.717, 1.165) is 25.1 Å². The number of benzene rings is 1. The highest BCUT2D eigenvalue weighted by Crippen LogP contribution is 2.43. The van der Waals surface area contributed by atoms with E-state index in [9.17, 15) is 0 Å². The summed E-state index contributed by atoms with van der Waals surface area (Å²) in [6, 6.07) is 8.22. The molecule has 1 nitrogen and oxygen atoms in total. The first-order valence-corrected chi connectivity index (χ1v) is 5.76. The summed E-state index contributed by atoms with van der Waals surface area (Å²) in [7, 11) is 0. The lowest BCUT2D eigenvalue weighted by molar-refractivity contribution is 0.596. The highest BCUT2D eigenvalue weighted by atomic mass is 35.5. The Balaban J connectivity index is 2.23. The summed E-state index contributed by atoms with van der Waals surface area (Å²) < 4.78 is 0. The summed E-state index contributed by atoms with van der Waals surface area (Å²) in [5.41, 5.74) is 2.38. The molecule has 1 aliphatic heterocycles. The fraction of sp³-hybridized carbons (Fsp3) is 0.455. The third-order valence-electron chi connectivity index (χ3n) is 2.68. The van der Waals surface area contributed by atoms with Gasteiger partial charge in [-0.3, -0.25) is 0 Å². The normalized spacial score (nSPS) is 24.4. The summed E-state index contributed by atoms with van der Waals surface area (Å²) in [5, 5.41) is 3.32. The Morgan fingerprint density at radius 3 is 2.93 bits per heavy atom. The molecule has 0 amide bonds. The number of nitrogens with one attached hydrogen (secondary N) is 1. The smallest absolute Gasteiger partial charge is 0.0886 e. The minimum Gasteiger partial charge on any atom is -0.383 e. The van der Waals surface area contributed by atoms with Gasteiger partial charge in [-0.2, -0.15) is 0 Å². The molecule has 3 heteroatoms. The minimum atomic E-state index is -0.245. The van der Waals surface area contributed by atoms with Gasteiger partial charge < -0.3 is 5.32 Å². The zero-order chi connectivity index (χ0) is 10.0. The molecule has 0 bridgehead atoms. The Bertz CT molecular complexity index is 327. The van der Waals surface area contributed by atoms with Gasteiger partial charge in [0.1, 0.15) is 0 Å². The molecule has 1 N–H and O–H groups in total. The molecular formula is C11H13Cl2N. The van der Waals surface area contributed by atoms with Gasteiger partial charge in [-0.05, 0) is 24.5 Å². The van der Waals surface area contributed by atoms with Gasteiger partial charge >= 0.3 is 0 Å². The van der Waals surface area contributed by atoms with Crippen LogP contribution in [-0.2, 0) is 4.87 Å². The van der Waals surface area contributed by atoms with Crippen LogP contribution in [0.1, 0.15) is 18.4 Å². The summed E-state index contributed by atoms with van der Waals surface area (Å²) in [4.78, 5) is -0.245. The Morgan fingerprint density at radius 2 is 2.14 bits per heavy atom. The fourth-order valence-corrected chi connectivity index (χ4v) is 2.43. The van der Waals surface area contributed by atoms with Crippen LogP contribution in [0.15, 0.2) is 24.3 Å². The molecule has 0 radical (unpaired) electrons. The second-order valence-corrected chi connectivity index (χ2v) is 4.76. The highest BCUT2D eigenvalue weighted by molar-refractivity contribution is 6.25. The predicted molar refractivity (Wildman–Crippen MR) is 62.4 cm³/mol. The molecule has 1 aliphatic rings. The lowest BCUT2D eigenvalue weighted by atomic mass is 9.96. The molecule has 0 aromatic heterocycles. The second kappa shape index (κ2) is 4.00. The fourth-order valence-electron chi connectivity index (χ4n) is 1.93. The first-order chi connectivity index (χ1) is 6.76. The van der Waals surface area contributed by atoms with Crippen LogP contribution in [0.4, 0.5) is 5.69 Å². The molecule has 1 atom stereocenters. The Labute approximate surface area is 94.4 Å². The third kappa shape index (κ3) is 1.71. The molecule has 1 heterocycles. The van der Waals surface area contributed by atoms with Crippen LogP contribution in [0.25, 0.3) is 0 Å². The van der Waals surface area contributed by atoms with Gasteiger partial charge in [0.25, 0.3) is 0 Å². The average molecular weight is 230 g/mol. The molecule has 0 saturated carbocycles. The topological polar surface area (TPSA) is 12.0 Å². The van der Waals surface area contributed by atoms with E-state index >= 15 is 0 Å². The summed E-state index contributed by atoms with van der Waals surface area (Å²) in [6.45, 7) is 0.810. The van der Waals surface area contributed by atoms with Gasteiger partial charge in [0, 0.05) is 18.1 Å². The number of hydrogen-bond acceptors (Lipinski definition) is 1. The SMILES string of the molecule is ClCCCC1(Cl)CNc2ccccc21. The zero-order valence-electron chi connectivity index (χ0n) is 7.89. The lowest BCUT2D eigenvalue weighted by Crippen LogP contribution is -2.21. The van der Waals surface area contributed by atoms with Gasteiger partial charge in [0.2, 0.25) is 0 Å². The summed E-state index contributed by atoms with van der Waals surface area (Å²) in [5.74, 6) is 0.677. The standard InChI is InChI=1S/C11H13Cl2N/c12-7-3-6-11(13)8-14-10-5-2-1-4-9(10)11/h1-2,4-5,14H,3,6-8H2. The van der Waals surface area contributed by atoms with Crippen molar-refractivity contribution in [1.82, 2.24) is 0 Å². The minimum absolute atomic E-state index is 0.245. The highest BCUT2D eigenvalue weighted by Gasteiger charge is 2.35. The van der Waals surface area contributed by atoms with Crippen LogP contribution >= 0.6 is 23.2 Å². The molecule has 1 unspecified atom stereocenters. The van der Waals surface area contributed by atoms with Crippen molar-refractivity contribution in [2.24, 2.45) is 0 Å². The number of para-hydroxylation sites is 1. The zero-order valence-corrected chi connectivity index (χ0v) is 9.41. The molecule has 0 spiro atoms. The summed E-state index contributed by atoms with van der Waals surface area (Å²) >= 11 is 12.2. The largest absolute Gasteiger partial charge is 0.383 e. The van der Waals surface area contributed by atoms with E-state index in [4.69, 9.17) is 23.2 Å². The Kier molecular flexibility index (Phi) is 2.89. The van der Waals surface area contributed by atoms with Crippen LogP contribution < -0.4 is 5.32 Å². The van der Waals surface area contributed by atoms with E-state index in [2.05, 4.69) is 17.4 Å². The first-order valence-electron chi connectivity index (χ1n) is 4.84. The van der Waals surface area contributed by atoms with E-state index in [-0.39, 0.29) is 4.87 Å². The Morgan fingerprint density at radius 1 is 1.36 bits per heavy atom. The molecule has 1 aromatic carbocycles. The number of hydrogen-bond donors (Lipinski definition) is 1. The van der Waals surface area contributed by atoms with Gasteiger partial charge in [0.15, 0.2) is 0 Å². The second-order valence-electron chi connectivity index (χ2n) is 3.66. The van der Waals surface area contributed by atoms with E-state index in [1.807, 2.05) is 12.1 Å². The van der Waals surface area contributed by atoms with Gasteiger partial charge in [-0.1, -0.05) is 18.2 Å². The van der Waals surface area contributed by atoms with Crippen LogP contribution in [0, 0.1) is 0 Å². The van der Waals surface area contributed by atoms with Crippen molar-refractivity contribution in [1.29, 1.82) is 0 Å². The van der Waals surface area contributed by atoms with Crippen molar-refractivity contribution in [3.05, 3.63) is 29.8 Å². The van der Waals surface area contributed by atoms with E-state index < -0.39 is 0 Å². The third-order valence-corrected chi connectivity index (χ3v) is 3.47. The number of halogens is 2. The number of anilines is 1. The van der Waals surface area contributed by atoms with Crippen molar-refractivity contribution in [2.75, 3.05) is 17.7 Å². The van der Waals surface area contributed by atoms with Crippen LogP contribution in [0.2, 0.25) is 0 Å². The molecule has 76 valence electrons. The monoisotopic (exact) mass is 229 g/mol. The average Bonchev–Trinajstić information content (AvgIpc) is 2.55. The van der Waals surface area contributed by atoms with Crippen LogP contribution in [0.3, 0.4) is 0 Å². The van der Waals surface area contributed by atoms with Crippen molar-refractivity contribution in [3.8, 4) is 0 Å². The van der Waals surface area contributed by atoms with E-state index in [1.165, 1.54) is 5.56 Å². The van der Waals surface area contributed by atoms with Gasteiger partial charge in [-0.25, -0.2) is 0 Å². The van der Waals surface area contributed by atoms with Gasteiger partial charge in [0.05, 0.1) is 4.87 Å². The maximum Gasteiger partial charge on any atom is 0.0886 e. The maximum atomic E-state index is 6.56. The number of alkyl halides is 2. The van der Waals surface area contributed by atoms with Crippen molar-refractivity contribution in [2.45, 2.75) is 17.7 Å². The molecular weight excluding hydrogens is 217 g/mol. The lowest BCUT2D eigenvalue weighted by Gasteiger charge is -2.20. The van der Waals surface area contributed by atoms with Crippen LogP contribution in [-0.4, -0.2) is 12.4 Å². The molecule has 1 aromatic rings.